The van der Waals surface area contributed by atoms with E-state index in [0.29, 0.717) is 5.75 Å². The maximum Gasteiger partial charge on any atom is 0.243 e. The third kappa shape index (κ3) is 4.31. The Morgan fingerprint density at radius 2 is 1.53 bits per heavy atom. The van der Waals surface area contributed by atoms with Gasteiger partial charge in [-0.05, 0) is 53.2 Å². The molecule has 0 bridgehead atoms. The number of nitrogens with one attached hydrogen (secondary N) is 1. The van der Waals surface area contributed by atoms with Crippen molar-refractivity contribution < 1.29 is 9.53 Å². The Hall–Kier alpha value is -3.31. The van der Waals surface area contributed by atoms with Crippen LogP contribution in [-0.4, -0.2) is 13.0 Å². The molecule has 0 aliphatic carbocycles. The number of amides is 1. The van der Waals surface area contributed by atoms with Gasteiger partial charge in [0.05, 0.1) is 24.9 Å². The van der Waals surface area contributed by atoms with Crippen LogP contribution >= 0.6 is 15.9 Å². The Morgan fingerprint density at radius 3 is 2.13 bits per heavy atom. The number of para-hydroxylation sites is 2. The van der Waals surface area contributed by atoms with Crippen LogP contribution in [0.4, 0.5) is 11.4 Å². The predicted molar refractivity (Wildman–Crippen MR) is 125 cm³/mol. The first-order chi connectivity index (χ1) is 14.7. The number of ether oxygens (including phenoxy) is 1. The van der Waals surface area contributed by atoms with Gasteiger partial charge in [-0.25, -0.2) is 0 Å². The Morgan fingerprint density at radius 1 is 0.900 bits per heavy atom. The molecule has 0 heterocycles. The fourth-order valence-corrected chi connectivity index (χ4v) is 3.85. The molecule has 4 rings (SSSR count). The van der Waals surface area contributed by atoms with E-state index in [4.69, 9.17) is 4.74 Å². The number of anilines is 2. The number of halogens is 1. The number of hydrazine groups is 1. The summed E-state index contributed by atoms with van der Waals surface area (Å²) in [6.45, 7) is 0. The first-order valence-corrected chi connectivity index (χ1v) is 10.4. The Bertz CT molecular complexity index is 1120. The van der Waals surface area contributed by atoms with Gasteiger partial charge in [0.2, 0.25) is 5.91 Å². The van der Waals surface area contributed by atoms with Crippen LogP contribution in [0.3, 0.4) is 0 Å². The van der Waals surface area contributed by atoms with E-state index in [-0.39, 0.29) is 12.3 Å². The minimum atomic E-state index is -0.128. The van der Waals surface area contributed by atoms with Crippen molar-refractivity contribution in [3.05, 3.63) is 101 Å². The highest BCUT2D eigenvalue weighted by atomic mass is 79.9. The average Bonchev–Trinajstić information content (AvgIpc) is 2.78. The molecule has 0 unspecified atom stereocenters. The molecule has 0 fully saturated rings. The monoisotopic (exact) mass is 460 g/mol. The molecule has 0 spiro atoms. The van der Waals surface area contributed by atoms with Crippen molar-refractivity contribution in [2.45, 2.75) is 6.42 Å². The van der Waals surface area contributed by atoms with Gasteiger partial charge in [0, 0.05) is 10.0 Å². The summed E-state index contributed by atoms with van der Waals surface area (Å²) >= 11 is 3.51. The lowest BCUT2D eigenvalue weighted by Gasteiger charge is -2.26. The molecule has 30 heavy (non-hydrogen) atoms. The number of fused-ring (bicyclic) bond motifs is 1. The highest BCUT2D eigenvalue weighted by molar-refractivity contribution is 9.10. The lowest BCUT2D eigenvalue weighted by Crippen LogP contribution is -2.39. The van der Waals surface area contributed by atoms with E-state index < -0.39 is 0 Å². The van der Waals surface area contributed by atoms with E-state index in [1.807, 2.05) is 91.0 Å². The summed E-state index contributed by atoms with van der Waals surface area (Å²) < 4.78 is 6.55. The first-order valence-electron chi connectivity index (χ1n) is 9.60. The van der Waals surface area contributed by atoms with E-state index in [2.05, 4.69) is 21.4 Å². The maximum absolute atomic E-state index is 13.1. The van der Waals surface area contributed by atoms with Gasteiger partial charge in [0.1, 0.15) is 5.75 Å². The second kappa shape index (κ2) is 9.01. The molecule has 1 amide bonds. The van der Waals surface area contributed by atoms with Crippen LogP contribution in [0.1, 0.15) is 5.56 Å². The number of methoxy groups -OCH3 is 1. The molecule has 5 heteroatoms. The average molecular weight is 461 g/mol. The number of hydrogen-bond donors (Lipinski definition) is 1. The summed E-state index contributed by atoms with van der Waals surface area (Å²) in [4.78, 5) is 13.1. The van der Waals surface area contributed by atoms with Crippen molar-refractivity contribution in [3.63, 3.8) is 0 Å². The molecule has 4 aromatic carbocycles. The topological polar surface area (TPSA) is 41.6 Å². The SMILES string of the molecule is COc1ccc2cc(Br)ccc2c1CC(=O)NN(c1ccccc1)c1ccccc1. The second-order valence-electron chi connectivity index (χ2n) is 6.83. The van der Waals surface area contributed by atoms with Gasteiger partial charge in [0.25, 0.3) is 0 Å². The molecule has 0 aliphatic heterocycles. The number of rotatable bonds is 6. The Labute approximate surface area is 184 Å². The van der Waals surface area contributed by atoms with Crippen molar-refractivity contribution in [3.8, 4) is 5.75 Å². The number of carbonyl (C=O) groups excluding carboxylic acids is 1. The van der Waals surface area contributed by atoms with Gasteiger partial charge in [-0.15, -0.1) is 0 Å². The summed E-state index contributed by atoms with van der Waals surface area (Å²) in [6, 6.07) is 29.5. The van der Waals surface area contributed by atoms with Gasteiger partial charge < -0.3 is 4.74 Å². The predicted octanol–water partition coefficient (Wildman–Crippen LogP) is 6.02. The molecule has 150 valence electrons. The van der Waals surface area contributed by atoms with Gasteiger partial charge in [-0.1, -0.05) is 64.5 Å². The highest BCUT2D eigenvalue weighted by Gasteiger charge is 2.17. The van der Waals surface area contributed by atoms with Crippen molar-refractivity contribution in [2.75, 3.05) is 12.1 Å². The number of hydrogen-bond acceptors (Lipinski definition) is 3. The summed E-state index contributed by atoms with van der Waals surface area (Å²) in [6.07, 6.45) is 0.193. The zero-order chi connectivity index (χ0) is 20.9. The van der Waals surface area contributed by atoms with E-state index >= 15 is 0 Å². The van der Waals surface area contributed by atoms with E-state index in [1.54, 1.807) is 12.1 Å². The Kier molecular flexibility index (Phi) is 6.00. The normalized spacial score (nSPS) is 10.6. The van der Waals surface area contributed by atoms with E-state index in [1.165, 1.54) is 0 Å². The molecule has 0 saturated carbocycles. The zero-order valence-electron chi connectivity index (χ0n) is 16.5. The molecule has 4 nitrogen and oxygen atoms in total. The molecule has 0 radical (unpaired) electrons. The number of benzene rings is 4. The molecule has 4 aromatic rings. The van der Waals surface area contributed by atoms with Crippen LogP contribution in [0.5, 0.6) is 5.75 Å². The molecule has 1 N–H and O–H groups in total. The summed E-state index contributed by atoms with van der Waals surface area (Å²) in [7, 11) is 1.63. The Balaban J connectivity index is 1.66. The van der Waals surface area contributed by atoms with Gasteiger partial charge in [0.15, 0.2) is 0 Å². The maximum atomic E-state index is 13.1. The van der Waals surface area contributed by atoms with Gasteiger partial charge in [-0.3, -0.25) is 15.2 Å². The van der Waals surface area contributed by atoms with Crippen LogP contribution in [0.2, 0.25) is 0 Å². The number of nitrogens with zero attached hydrogens (tertiary/aromatic N) is 1. The zero-order valence-corrected chi connectivity index (χ0v) is 18.1. The van der Waals surface area contributed by atoms with Gasteiger partial charge in [-0.2, -0.15) is 0 Å². The van der Waals surface area contributed by atoms with Crippen molar-refractivity contribution in [1.82, 2.24) is 5.43 Å². The first kappa shape index (κ1) is 20.0. The smallest absolute Gasteiger partial charge is 0.243 e. The number of carbonyl (C=O) groups is 1. The van der Waals surface area contributed by atoms with Crippen LogP contribution in [-0.2, 0) is 11.2 Å². The van der Waals surface area contributed by atoms with Gasteiger partial charge >= 0.3 is 0 Å². The van der Waals surface area contributed by atoms with Crippen molar-refractivity contribution in [2.24, 2.45) is 0 Å². The lowest BCUT2D eigenvalue weighted by atomic mass is 10.0. The molecule has 0 atom stereocenters. The molecular weight excluding hydrogens is 440 g/mol. The third-order valence-electron chi connectivity index (χ3n) is 4.87. The fourth-order valence-electron chi connectivity index (χ4n) is 3.48. The third-order valence-corrected chi connectivity index (χ3v) is 5.37. The van der Waals surface area contributed by atoms with E-state index in [0.717, 1.165) is 32.2 Å². The highest BCUT2D eigenvalue weighted by Crippen LogP contribution is 2.31. The van der Waals surface area contributed by atoms with E-state index in [9.17, 15) is 4.79 Å². The summed E-state index contributed by atoms with van der Waals surface area (Å²) in [5.74, 6) is 0.572. The quantitative estimate of drug-likeness (QED) is 0.357. The standard InChI is InChI=1S/C25H21BrN2O2/c1-30-24-15-12-18-16-19(26)13-14-22(18)23(24)17-25(29)27-28(20-8-4-2-5-9-20)21-10-6-3-7-11-21/h2-16H,17H2,1H3,(H,27,29). The fraction of sp³-hybridized carbons (Fsp3) is 0.0800. The van der Waals surface area contributed by atoms with Crippen LogP contribution in [0, 0.1) is 0 Å². The van der Waals surface area contributed by atoms with Crippen LogP contribution < -0.4 is 15.2 Å². The largest absolute Gasteiger partial charge is 0.496 e. The molecule has 0 aliphatic rings. The van der Waals surface area contributed by atoms with Crippen LogP contribution in [0.25, 0.3) is 10.8 Å². The second-order valence-corrected chi connectivity index (χ2v) is 7.75. The van der Waals surface area contributed by atoms with Crippen LogP contribution in [0.15, 0.2) is 95.5 Å². The molecule has 0 saturated heterocycles. The summed E-state index contributed by atoms with van der Waals surface area (Å²) in [5.41, 5.74) is 5.68. The molecule has 0 aromatic heterocycles. The minimum absolute atomic E-state index is 0.128. The lowest BCUT2D eigenvalue weighted by molar-refractivity contribution is -0.120. The molecular formula is C25H21BrN2O2. The van der Waals surface area contributed by atoms with Crippen molar-refractivity contribution in [1.29, 1.82) is 0 Å². The van der Waals surface area contributed by atoms with Crippen molar-refractivity contribution >= 4 is 44.0 Å². The summed E-state index contributed by atoms with van der Waals surface area (Å²) in [5, 5.41) is 3.85. The minimum Gasteiger partial charge on any atom is -0.496 e.